The van der Waals surface area contributed by atoms with Gasteiger partial charge in [-0.05, 0) is 37.1 Å². The molecule has 2 heterocycles. The van der Waals surface area contributed by atoms with Gasteiger partial charge in [0, 0.05) is 22.9 Å². The van der Waals surface area contributed by atoms with Crippen molar-refractivity contribution < 1.29 is 8.98 Å². The molecule has 2 aromatic heterocycles. The molecule has 0 bridgehead atoms. The van der Waals surface area contributed by atoms with E-state index in [9.17, 15) is 5.26 Å². The van der Waals surface area contributed by atoms with Crippen LogP contribution in [0.4, 0.5) is 0 Å². The third kappa shape index (κ3) is 1.87. The number of pyridine rings is 1. The summed E-state index contributed by atoms with van der Waals surface area (Å²) in [5.41, 5.74) is 6.34. The van der Waals surface area contributed by atoms with E-state index in [1.807, 2.05) is 54.2 Å². The molecule has 0 aliphatic carbocycles. The Bertz CT molecular complexity index is 1150. The Morgan fingerprint density at radius 1 is 1.00 bits per heavy atom. The zero-order valence-electron chi connectivity index (χ0n) is 13.9. The first kappa shape index (κ1) is 14.5. The first-order chi connectivity index (χ1) is 11.6. The highest BCUT2D eigenvalue weighted by molar-refractivity contribution is 6.10. The highest BCUT2D eigenvalue weighted by Crippen LogP contribution is 2.40. The fourth-order valence-electron chi connectivity index (χ4n) is 3.48. The molecule has 0 atom stereocenters. The average molecular weight is 313 g/mol. The van der Waals surface area contributed by atoms with Crippen LogP contribution < -0.4 is 4.57 Å². The van der Waals surface area contributed by atoms with E-state index in [0.29, 0.717) is 11.1 Å². The minimum atomic E-state index is 0.603. The van der Waals surface area contributed by atoms with Crippen LogP contribution in [0.5, 0.6) is 0 Å². The van der Waals surface area contributed by atoms with E-state index in [4.69, 9.17) is 4.42 Å². The molecule has 3 nitrogen and oxygen atoms in total. The highest BCUT2D eigenvalue weighted by Gasteiger charge is 2.24. The van der Waals surface area contributed by atoms with Crippen molar-refractivity contribution in [1.29, 1.82) is 5.26 Å². The van der Waals surface area contributed by atoms with Gasteiger partial charge in [0.2, 0.25) is 5.69 Å². The molecular formula is C21H17N2O+. The van der Waals surface area contributed by atoms with E-state index in [1.54, 1.807) is 0 Å². The maximum absolute atomic E-state index is 9.89. The summed E-state index contributed by atoms with van der Waals surface area (Å²) in [6.45, 7) is 4.19. The van der Waals surface area contributed by atoms with Crippen LogP contribution in [0.3, 0.4) is 0 Å². The largest absolute Gasteiger partial charge is 0.455 e. The molecule has 0 aliphatic rings. The van der Waals surface area contributed by atoms with Crippen LogP contribution in [0.25, 0.3) is 33.2 Å². The molecule has 3 heteroatoms. The van der Waals surface area contributed by atoms with Gasteiger partial charge in [-0.25, -0.2) is 4.57 Å². The molecule has 0 amide bonds. The van der Waals surface area contributed by atoms with Crippen molar-refractivity contribution >= 4 is 21.9 Å². The second-order valence-electron chi connectivity index (χ2n) is 6.11. The van der Waals surface area contributed by atoms with Crippen LogP contribution in [0.1, 0.15) is 16.7 Å². The Balaban J connectivity index is 2.25. The molecule has 0 aliphatic heterocycles. The average Bonchev–Trinajstić information content (AvgIpc) is 2.98. The van der Waals surface area contributed by atoms with Crippen molar-refractivity contribution in [3.05, 3.63) is 65.4 Å². The zero-order chi connectivity index (χ0) is 16.8. The SMILES string of the molecule is Cc1c(-c2cccc[n+]2C)c(C#N)c2oc3ccccc3c2c1C. The summed E-state index contributed by atoms with van der Waals surface area (Å²) < 4.78 is 8.12. The van der Waals surface area contributed by atoms with Crippen LogP contribution in [-0.2, 0) is 7.05 Å². The van der Waals surface area contributed by atoms with Crippen molar-refractivity contribution in [2.75, 3.05) is 0 Å². The Labute approximate surface area is 140 Å². The first-order valence-corrected chi connectivity index (χ1v) is 7.93. The Kier molecular flexibility index (Phi) is 3.14. The second kappa shape index (κ2) is 5.21. The summed E-state index contributed by atoms with van der Waals surface area (Å²) in [7, 11) is 1.99. The van der Waals surface area contributed by atoms with E-state index in [0.717, 1.165) is 38.7 Å². The van der Waals surface area contributed by atoms with Gasteiger partial charge in [-0.3, -0.25) is 0 Å². The molecule has 4 rings (SSSR count). The molecule has 116 valence electrons. The van der Waals surface area contributed by atoms with E-state index in [2.05, 4.69) is 26.0 Å². The minimum Gasteiger partial charge on any atom is -0.455 e. The monoisotopic (exact) mass is 313 g/mol. The number of hydrogen-bond donors (Lipinski definition) is 0. The van der Waals surface area contributed by atoms with Crippen molar-refractivity contribution in [3.63, 3.8) is 0 Å². The lowest BCUT2D eigenvalue weighted by Gasteiger charge is -2.11. The smallest absolute Gasteiger partial charge is 0.214 e. The Morgan fingerprint density at radius 3 is 2.50 bits per heavy atom. The molecule has 0 fully saturated rings. The number of nitrogens with zero attached hydrogens (tertiary/aromatic N) is 2. The van der Waals surface area contributed by atoms with Gasteiger partial charge < -0.3 is 4.42 Å². The van der Waals surface area contributed by atoms with E-state index in [1.165, 1.54) is 0 Å². The van der Waals surface area contributed by atoms with Gasteiger partial charge in [0.1, 0.15) is 24.3 Å². The number of fused-ring (bicyclic) bond motifs is 3. The molecule has 0 spiro atoms. The number of benzene rings is 2. The Hall–Kier alpha value is -3.12. The van der Waals surface area contributed by atoms with Crippen LogP contribution in [-0.4, -0.2) is 0 Å². The first-order valence-electron chi connectivity index (χ1n) is 7.93. The van der Waals surface area contributed by atoms with Gasteiger partial charge in [0.25, 0.3) is 0 Å². The van der Waals surface area contributed by atoms with Gasteiger partial charge in [0.15, 0.2) is 11.8 Å². The van der Waals surface area contributed by atoms with Crippen molar-refractivity contribution in [2.45, 2.75) is 13.8 Å². The molecular weight excluding hydrogens is 296 g/mol. The second-order valence-corrected chi connectivity index (χ2v) is 6.11. The van der Waals surface area contributed by atoms with Crippen LogP contribution in [0.2, 0.25) is 0 Å². The lowest BCUT2D eigenvalue weighted by atomic mass is 9.91. The molecule has 0 unspecified atom stereocenters. The lowest BCUT2D eigenvalue weighted by molar-refractivity contribution is -0.660. The van der Waals surface area contributed by atoms with E-state index in [-0.39, 0.29) is 0 Å². The van der Waals surface area contributed by atoms with Crippen molar-refractivity contribution in [3.8, 4) is 17.3 Å². The molecule has 4 aromatic rings. The van der Waals surface area contributed by atoms with Gasteiger partial charge >= 0.3 is 0 Å². The third-order valence-corrected chi connectivity index (χ3v) is 4.81. The highest BCUT2D eigenvalue weighted by atomic mass is 16.3. The summed E-state index contributed by atoms with van der Waals surface area (Å²) in [4.78, 5) is 0. The van der Waals surface area contributed by atoms with Crippen molar-refractivity contribution in [2.24, 2.45) is 7.05 Å². The topological polar surface area (TPSA) is 40.8 Å². The molecule has 0 radical (unpaired) electrons. The Morgan fingerprint density at radius 2 is 1.75 bits per heavy atom. The summed E-state index contributed by atoms with van der Waals surface area (Å²) in [5, 5.41) is 12.0. The normalized spacial score (nSPS) is 11.1. The summed E-state index contributed by atoms with van der Waals surface area (Å²) in [5.74, 6) is 0. The predicted molar refractivity (Wildman–Crippen MR) is 94.5 cm³/mol. The van der Waals surface area contributed by atoms with Gasteiger partial charge in [-0.2, -0.15) is 5.26 Å². The summed E-state index contributed by atoms with van der Waals surface area (Å²) in [6, 6.07) is 16.4. The minimum absolute atomic E-state index is 0.603. The van der Waals surface area contributed by atoms with Crippen LogP contribution in [0.15, 0.2) is 53.1 Å². The quantitative estimate of drug-likeness (QED) is 0.483. The molecule has 0 saturated heterocycles. The maximum atomic E-state index is 9.89. The predicted octanol–water partition coefficient (Wildman–Crippen LogP) is 4.57. The van der Waals surface area contributed by atoms with Crippen LogP contribution >= 0.6 is 0 Å². The lowest BCUT2D eigenvalue weighted by Crippen LogP contribution is -2.30. The van der Waals surface area contributed by atoms with Gasteiger partial charge in [0.05, 0.1) is 5.56 Å². The number of aromatic nitrogens is 1. The maximum Gasteiger partial charge on any atom is 0.214 e. The zero-order valence-corrected chi connectivity index (χ0v) is 13.9. The van der Waals surface area contributed by atoms with Gasteiger partial charge in [-0.1, -0.05) is 18.2 Å². The fraction of sp³-hybridized carbons (Fsp3) is 0.143. The van der Waals surface area contributed by atoms with Gasteiger partial charge in [-0.15, -0.1) is 0 Å². The summed E-state index contributed by atoms with van der Waals surface area (Å²) in [6.07, 6.45) is 1.99. The number of hydrogen-bond acceptors (Lipinski definition) is 2. The molecule has 0 N–H and O–H groups in total. The third-order valence-electron chi connectivity index (χ3n) is 4.81. The molecule has 24 heavy (non-hydrogen) atoms. The number of rotatable bonds is 1. The number of nitriles is 1. The molecule has 0 saturated carbocycles. The number of furan rings is 1. The molecule has 2 aromatic carbocycles. The van der Waals surface area contributed by atoms with E-state index >= 15 is 0 Å². The fourth-order valence-corrected chi connectivity index (χ4v) is 3.48. The standard InChI is InChI=1S/C21H17N2O/c1-13-14(2)20-15-8-4-5-10-18(15)24-21(20)16(12-22)19(13)17-9-6-7-11-23(17)3/h4-11H,1-3H3/q+1. The summed E-state index contributed by atoms with van der Waals surface area (Å²) >= 11 is 0. The number of para-hydroxylation sites is 1. The van der Waals surface area contributed by atoms with Crippen molar-refractivity contribution in [1.82, 2.24) is 0 Å². The number of aryl methyl sites for hydroxylation is 2. The van der Waals surface area contributed by atoms with Crippen LogP contribution in [0, 0.1) is 25.2 Å². The van der Waals surface area contributed by atoms with E-state index < -0.39 is 0 Å².